The number of nitrogens with one attached hydrogen (secondary N) is 1. The Morgan fingerprint density at radius 2 is 1.85 bits per heavy atom. The number of rotatable bonds is 7. The summed E-state index contributed by atoms with van der Waals surface area (Å²) in [7, 11) is -0.595. The van der Waals surface area contributed by atoms with E-state index in [1.807, 2.05) is 13.8 Å². The van der Waals surface area contributed by atoms with E-state index >= 15 is 0 Å². The van der Waals surface area contributed by atoms with E-state index in [1.165, 1.54) is 21.3 Å². The number of likely N-dealkylation sites (N-methyl/N-ethyl adjacent to an activating group) is 1. The van der Waals surface area contributed by atoms with E-state index in [0.29, 0.717) is 19.6 Å². The number of carbonyl (C=O) groups excluding carboxylic acids is 2. The van der Waals surface area contributed by atoms with Crippen molar-refractivity contribution >= 4 is 21.8 Å². The summed E-state index contributed by atoms with van der Waals surface area (Å²) in [5, 5.41) is 2.34. The summed E-state index contributed by atoms with van der Waals surface area (Å²) < 4.78 is 36.9. The Morgan fingerprint density at radius 3 is 2.41 bits per heavy atom. The van der Waals surface area contributed by atoms with Crippen LogP contribution in [-0.2, 0) is 19.6 Å². The van der Waals surface area contributed by atoms with Crippen molar-refractivity contribution in [3.8, 4) is 0 Å². The maximum Gasteiger partial charge on any atom is 0.287 e. The van der Waals surface area contributed by atoms with Crippen LogP contribution in [0, 0.1) is 5.92 Å². The Morgan fingerprint density at radius 1 is 1.22 bits per heavy atom. The van der Waals surface area contributed by atoms with Gasteiger partial charge in [-0.05, 0) is 24.5 Å². The average Bonchev–Trinajstić information content (AvgIpc) is 3.12. The molecule has 1 saturated heterocycles. The minimum absolute atomic E-state index is 0.151. The molecule has 1 N–H and O–H groups in total. The summed E-state index contributed by atoms with van der Waals surface area (Å²) in [4.78, 5) is 26.2. The Labute approximate surface area is 159 Å². The van der Waals surface area contributed by atoms with Gasteiger partial charge in [0.05, 0.1) is 13.2 Å². The highest BCUT2D eigenvalue weighted by molar-refractivity contribution is 7.89. The molecule has 2 heterocycles. The van der Waals surface area contributed by atoms with E-state index in [0.717, 1.165) is 0 Å². The summed E-state index contributed by atoms with van der Waals surface area (Å²) in [5.41, 5.74) is 0. The minimum atomic E-state index is -3.82. The SMILES string of the molecule is CC(C)C[C@@H](NC(=O)c1ccc(S(=O)(=O)N2CCOCC2)o1)C(=O)N(C)C. The molecular formula is C17H27N3O6S. The highest BCUT2D eigenvalue weighted by Gasteiger charge is 2.31. The van der Waals surface area contributed by atoms with Crippen LogP contribution in [0.1, 0.15) is 30.8 Å². The van der Waals surface area contributed by atoms with Crippen molar-refractivity contribution in [2.24, 2.45) is 5.92 Å². The maximum atomic E-state index is 12.6. The quantitative estimate of drug-likeness (QED) is 0.714. The predicted molar refractivity (Wildman–Crippen MR) is 97.7 cm³/mol. The van der Waals surface area contributed by atoms with Gasteiger partial charge >= 0.3 is 0 Å². The van der Waals surface area contributed by atoms with Crippen LogP contribution in [0.5, 0.6) is 0 Å². The fourth-order valence-corrected chi connectivity index (χ4v) is 4.05. The van der Waals surface area contributed by atoms with E-state index in [4.69, 9.17) is 9.15 Å². The van der Waals surface area contributed by atoms with Gasteiger partial charge in [0.15, 0.2) is 5.76 Å². The van der Waals surface area contributed by atoms with Gasteiger partial charge < -0.3 is 19.4 Å². The molecule has 2 rings (SSSR count). The highest BCUT2D eigenvalue weighted by atomic mass is 32.2. The monoisotopic (exact) mass is 401 g/mol. The van der Waals surface area contributed by atoms with E-state index in [-0.39, 0.29) is 35.8 Å². The molecule has 27 heavy (non-hydrogen) atoms. The predicted octanol–water partition coefficient (Wildman–Crippen LogP) is 0.533. The van der Waals surface area contributed by atoms with Crippen molar-refractivity contribution in [3.63, 3.8) is 0 Å². The third kappa shape index (κ3) is 5.30. The fourth-order valence-electron chi connectivity index (χ4n) is 2.73. The third-order valence-electron chi connectivity index (χ3n) is 4.12. The summed E-state index contributed by atoms with van der Waals surface area (Å²) in [5.74, 6) is -0.820. The molecular weight excluding hydrogens is 374 g/mol. The zero-order valence-electron chi connectivity index (χ0n) is 16.1. The van der Waals surface area contributed by atoms with Crippen LogP contribution in [-0.4, -0.2) is 75.9 Å². The number of hydrogen-bond acceptors (Lipinski definition) is 6. The number of morpholine rings is 1. The smallest absolute Gasteiger partial charge is 0.287 e. The Hall–Kier alpha value is -1.91. The molecule has 0 aliphatic carbocycles. The first kappa shape index (κ1) is 21.4. The van der Waals surface area contributed by atoms with Gasteiger partial charge in [-0.3, -0.25) is 9.59 Å². The summed E-state index contributed by atoms with van der Waals surface area (Å²) in [6.07, 6.45) is 0.461. The molecule has 0 bridgehead atoms. The molecule has 10 heteroatoms. The van der Waals surface area contributed by atoms with Crippen molar-refractivity contribution in [3.05, 3.63) is 17.9 Å². The second-order valence-corrected chi connectivity index (χ2v) is 8.89. The van der Waals surface area contributed by atoms with Gasteiger partial charge in [0, 0.05) is 27.2 Å². The van der Waals surface area contributed by atoms with E-state index in [1.54, 1.807) is 14.1 Å². The lowest BCUT2D eigenvalue weighted by atomic mass is 10.0. The number of hydrogen-bond donors (Lipinski definition) is 1. The lowest BCUT2D eigenvalue weighted by Gasteiger charge is -2.24. The number of nitrogens with zero attached hydrogens (tertiary/aromatic N) is 2. The van der Waals surface area contributed by atoms with Gasteiger partial charge in [-0.15, -0.1) is 0 Å². The van der Waals surface area contributed by atoms with Gasteiger partial charge in [0.2, 0.25) is 11.0 Å². The van der Waals surface area contributed by atoms with Crippen LogP contribution in [0.25, 0.3) is 0 Å². The van der Waals surface area contributed by atoms with Crippen LogP contribution in [0.15, 0.2) is 21.6 Å². The molecule has 1 aromatic rings. The summed E-state index contributed by atoms with van der Waals surface area (Å²) in [6, 6.07) is 1.84. The number of ether oxygens (including phenoxy) is 1. The van der Waals surface area contributed by atoms with Crippen molar-refractivity contribution in [2.75, 3.05) is 40.4 Å². The summed E-state index contributed by atoms with van der Waals surface area (Å²) >= 11 is 0. The van der Waals surface area contributed by atoms with Crippen LogP contribution in [0.4, 0.5) is 0 Å². The molecule has 1 aliphatic rings. The van der Waals surface area contributed by atoms with Gasteiger partial charge in [0.25, 0.3) is 15.9 Å². The number of sulfonamides is 1. The maximum absolute atomic E-state index is 12.6. The molecule has 1 aromatic heterocycles. The average molecular weight is 401 g/mol. The van der Waals surface area contributed by atoms with Crippen LogP contribution in [0.3, 0.4) is 0 Å². The largest absolute Gasteiger partial charge is 0.438 e. The Bertz CT molecular complexity index is 765. The van der Waals surface area contributed by atoms with Gasteiger partial charge in [-0.1, -0.05) is 13.8 Å². The van der Waals surface area contributed by atoms with Crippen molar-refractivity contribution < 1.29 is 27.2 Å². The van der Waals surface area contributed by atoms with Gasteiger partial charge in [-0.25, -0.2) is 8.42 Å². The third-order valence-corrected chi connectivity index (χ3v) is 5.89. The standard InChI is InChI=1S/C17H27N3O6S/c1-12(2)11-13(17(22)19(3)4)18-16(21)14-5-6-15(26-14)27(23,24)20-7-9-25-10-8-20/h5-6,12-13H,7-11H2,1-4H3,(H,18,21)/t13-/m1/s1. The van der Waals surface area contributed by atoms with Crippen LogP contribution in [0.2, 0.25) is 0 Å². The highest BCUT2D eigenvalue weighted by Crippen LogP contribution is 2.20. The molecule has 1 atom stereocenters. The van der Waals surface area contributed by atoms with E-state index in [9.17, 15) is 18.0 Å². The molecule has 0 spiro atoms. The molecule has 2 amide bonds. The molecule has 0 saturated carbocycles. The number of amides is 2. The topological polar surface area (TPSA) is 109 Å². The molecule has 1 aliphatic heterocycles. The first-order chi connectivity index (χ1) is 12.6. The normalized spacial score (nSPS) is 16.9. The first-order valence-corrected chi connectivity index (χ1v) is 10.3. The molecule has 0 radical (unpaired) electrons. The minimum Gasteiger partial charge on any atom is -0.438 e. The fraction of sp³-hybridized carbons (Fsp3) is 0.647. The van der Waals surface area contributed by atoms with Gasteiger partial charge in [0.1, 0.15) is 6.04 Å². The van der Waals surface area contributed by atoms with Crippen molar-refractivity contribution in [2.45, 2.75) is 31.4 Å². The van der Waals surface area contributed by atoms with Gasteiger partial charge in [-0.2, -0.15) is 4.31 Å². The van der Waals surface area contributed by atoms with Crippen LogP contribution >= 0.6 is 0 Å². The molecule has 9 nitrogen and oxygen atoms in total. The second kappa shape index (κ2) is 8.85. The molecule has 152 valence electrons. The van der Waals surface area contributed by atoms with Crippen LogP contribution < -0.4 is 5.32 Å². The van der Waals surface area contributed by atoms with Crippen molar-refractivity contribution in [1.82, 2.24) is 14.5 Å². The molecule has 1 fully saturated rings. The number of carbonyl (C=O) groups is 2. The molecule has 0 aromatic carbocycles. The lowest BCUT2D eigenvalue weighted by Crippen LogP contribution is -2.46. The van der Waals surface area contributed by atoms with Crippen molar-refractivity contribution in [1.29, 1.82) is 0 Å². The van der Waals surface area contributed by atoms with E-state index < -0.39 is 22.0 Å². The zero-order valence-corrected chi connectivity index (χ0v) is 16.9. The lowest BCUT2D eigenvalue weighted by molar-refractivity contribution is -0.131. The second-order valence-electron chi connectivity index (χ2n) is 7.02. The Kier molecular flexibility index (Phi) is 7.01. The summed E-state index contributed by atoms with van der Waals surface area (Å²) in [6.45, 7) is 4.99. The number of furan rings is 1. The Balaban J connectivity index is 2.14. The first-order valence-electron chi connectivity index (χ1n) is 8.82. The molecule has 0 unspecified atom stereocenters. The van der Waals surface area contributed by atoms with E-state index in [2.05, 4.69) is 5.32 Å². The zero-order chi connectivity index (χ0) is 20.2.